The fraction of sp³-hybridized carbons (Fsp3) is 0.750. The molecule has 0 aromatic carbocycles. The summed E-state index contributed by atoms with van der Waals surface area (Å²) < 4.78 is 1.78. The maximum atomic E-state index is 11.9. The molecular weight excluding hydrogens is 230 g/mol. The lowest BCUT2D eigenvalue weighted by molar-refractivity contribution is 0.0939. The molecule has 2 aliphatic rings. The highest BCUT2D eigenvalue weighted by Gasteiger charge is 2.40. The van der Waals surface area contributed by atoms with Gasteiger partial charge in [-0.25, -0.2) is 4.68 Å². The maximum Gasteiger partial charge on any atom is 0.273 e. The lowest BCUT2D eigenvalue weighted by atomic mass is 10.0. The number of hydrogen-bond acceptors (Lipinski definition) is 4. The maximum absolute atomic E-state index is 11.9. The van der Waals surface area contributed by atoms with Crippen LogP contribution in [0.1, 0.15) is 42.7 Å². The fourth-order valence-corrected chi connectivity index (χ4v) is 2.21. The Balaban J connectivity index is 1.56. The molecule has 0 atom stereocenters. The second kappa shape index (κ2) is 4.35. The first-order valence-corrected chi connectivity index (χ1v) is 6.63. The first-order chi connectivity index (χ1) is 8.72. The van der Waals surface area contributed by atoms with Gasteiger partial charge in [-0.05, 0) is 24.7 Å². The number of amides is 1. The van der Waals surface area contributed by atoms with Gasteiger partial charge >= 0.3 is 0 Å². The van der Waals surface area contributed by atoms with Gasteiger partial charge < -0.3 is 10.6 Å². The second-order valence-corrected chi connectivity index (χ2v) is 5.43. The van der Waals surface area contributed by atoms with E-state index in [9.17, 15) is 4.79 Å². The van der Waals surface area contributed by atoms with Crippen molar-refractivity contribution in [3.8, 4) is 0 Å². The van der Waals surface area contributed by atoms with Crippen LogP contribution in [0.25, 0.3) is 0 Å². The molecule has 18 heavy (non-hydrogen) atoms. The second-order valence-electron chi connectivity index (χ2n) is 5.43. The Labute approximate surface area is 106 Å². The van der Waals surface area contributed by atoms with E-state index in [2.05, 4.69) is 27.9 Å². The molecule has 0 bridgehead atoms. The molecule has 1 saturated heterocycles. The van der Waals surface area contributed by atoms with Crippen LogP contribution in [-0.2, 0) is 0 Å². The smallest absolute Gasteiger partial charge is 0.273 e. The van der Waals surface area contributed by atoms with Crippen LogP contribution in [0.2, 0.25) is 0 Å². The van der Waals surface area contributed by atoms with Gasteiger partial charge in [0.05, 0.1) is 12.2 Å². The number of carbonyl (C=O) groups is 1. The summed E-state index contributed by atoms with van der Waals surface area (Å²) in [6.07, 6.45) is 5.33. The van der Waals surface area contributed by atoms with Gasteiger partial charge in [0.15, 0.2) is 5.69 Å². The highest BCUT2D eigenvalue weighted by atomic mass is 16.2. The zero-order valence-corrected chi connectivity index (χ0v) is 10.6. The Morgan fingerprint density at radius 3 is 2.94 bits per heavy atom. The first-order valence-electron chi connectivity index (χ1n) is 6.63. The summed E-state index contributed by atoms with van der Waals surface area (Å²) in [6.45, 7) is 4.76. The van der Waals surface area contributed by atoms with Crippen molar-refractivity contribution < 1.29 is 4.79 Å². The summed E-state index contributed by atoms with van der Waals surface area (Å²) in [4.78, 5) is 11.9. The number of aromatic nitrogens is 3. The molecular formula is C12H19N5O. The van der Waals surface area contributed by atoms with Gasteiger partial charge in [0, 0.05) is 19.6 Å². The van der Waals surface area contributed by atoms with Crippen LogP contribution in [0.3, 0.4) is 0 Å². The van der Waals surface area contributed by atoms with Crippen molar-refractivity contribution in [3.63, 3.8) is 0 Å². The Morgan fingerprint density at radius 2 is 2.39 bits per heavy atom. The standard InChI is InChI=1S/C12H19N5O/c1-2-12(3-4-12)8-14-11(18)10-7-17(16-15-10)9-5-13-6-9/h7,9,13H,2-6,8H2,1H3,(H,14,18). The van der Waals surface area contributed by atoms with E-state index in [1.165, 1.54) is 12.8 Å². The third-order valence-electron chi connectivity index (χ3n) is 4.21. The molecule has 1 amide bonds. The van der Waals surface area contributed by atoms with Crippen LogP contribution >= 0.6 is 0 Å². The molecule has 6 heteroatoms. The summed E-state index contributed by atoms with van der Waals surface area (Å²) >= 11 is 0. The molecule has 2 fully saturated rings. The van der Waals surface area contributed by atoms with E-state index in [4.69, 9.17) is 0 Å². The number of hydrogen-bond donors (Lipinski definition) is 2. The summed E-state index contributed by atoms with van der Waals surface area (Å²) in [6, 6.07) is 0.351. The van der Waals surface area contributed by atoms with E-state index < -0.39 is 0 Å². The van der Waals surface area contributed by atoms with Crippen LogP contribution in [0.4, 0.5) is 0 Å². The van der Waals surface area contributed by atoms with Crippen LogP contribution in [-0.4, -0.2) is 40.5 Å². The van der Waals surface area contributed by atoms with Gasteiger partial charge in [0.25, 0.3) is 5.91 Å². The van der Waals surface area contributed by atoms with E-state index >= 15 is 0 Å². The quantitative estimate of drug-likeness (QED) is 0.789. The minimum Gasteiger partial charge on any atom is -0.350 e. The topological polar surface area (TPSA) is 71.8 Å². The number of rotatable bonds is 5. The van der Waals surface area contributed by atoms with Crippen molar-refractivity contribution in [1.82, 2.24) is 25.6 Å². The lowest BCUT2D eigenvalue weighted by Crippen LogP contribution is -2.43. The Kier molecular flexibility index (Phi) is 2.81. The fourth-order valence-electron chi connectivity index (χ4n) is 2.21. The molecule has 0 unspecified atom stereocenters. The predicted molar refractivity (Wildman–Crippen MR) is 66.2 cm³/mol. The lowest BCUT2D eigenvalue weighted by Gasteiger charge is -2.26. The molecule has 2 heterocycles. The molecule has 3 rings (SSSR count). The third-order valence-corrected chi connectivity index (χ3v) is 4.21. The van der Waals surface area contributed by atoms with E-state index in [0.717, 1.165) is 26.1 Å². The third kappa shape index (κ3) is 2.12. The Hall–Kier alpha value is -1.43. The summed E-state index contributed by atoms with van der Waals surface area (Å²) in [7, 11) is 0. The molecule has 0 radical (unpaired) electrons. The predicted octanol–water partition coefficient (Wildman–Crippen LogP) is 0.342. The first kappa shape index (κ1) is 11.6. The van der Waals surface area contributed by atoms with Crippen LogP contribution in [0, 0.1) is 5.41 Å². The van der Waals surface area contributed by atoms with Gasteiger partial charge in [-0.15, -0.1) is 5.10 Å². The van der Waals surface area contributed by atoms with Crippen molar-refractivity contribution in [3.05, 3.63) is 11.9 Å². The monoisotopic (exact) mass is 249 g/mol. The van der Waals surface area contributed by atoms with E-state index in [0.29, 0.717) is 17.2 Å². The minimum atomic E-state index is -0.103. The van der Waals surface area contributed by atoms with Crippen LogP contribution in [0.5, 0.6) is 0 Å². The highest BCUT2D eigenvalue weighted by molar-refractivity contribution is 5.91. The van der Waals surface area contributed by atoms with Crippen molar-refractivity contribution in [2.45, 2.75) is 32.2 Å². The van der Waals surface area contributed by atoms with Gasteiger partial charge in [0.1, 0.15) is 0 Å². The van der Waals surface area contributed by atoms with Crippen molar-refractivity contribution >= 4 is 5.91 Å². The minimum absolute atomic E-state index is 0.103. The number of nitrogens with one attached hydrogen (secondary N) is 2. The molecule has 0 spiro atoms. The molecule has 1 aromatic heterocycles. The van der Waals surface area contributed by atoms with Crippen LogP contribution in [0.15, 0.2) is 6.20 Å². The van der Waals surface area contributed by atoms with Crippen molar-refractivity contribution in [1.29, 1.82) is 0 Å². The van der Waals surface area contributed by atoms with E-state index in [1.807, 2.05) is 0 Å². The largest absolute Gasteiger partial charge is 0.350 e. The molecule has 1 aliphatic carbocycles. The van der Waals surface area contributed by atoms with Gasteiger partial charge in [-0.2, -0.15) is 0 Å². The Bertz CT molecular complexity index is 447. The zero-order chi connectivity index (χ0) is 12.6. The molecule has 6 nitrogen and oxygen atoms in total. The summed E-state index contributed by atoms with van der Waals surface area (Å²) in [5.74, 6) is -0.103. The molecule has 1 aliphatic heterocycles. The van der Waals surface area contributed by atoms with Crippen molar-refractivity contribution in [2.24, 2.45) is 5.41 Å². The van der Waals surface area contributed by atoms with Gasteiger partial charge in [-0.1, -0.05) is 12.1 Å². The average molecular weight is 249 g/mol. The van der Waals surface area contributed by atoms with Crippen molar-refractivity contribution in [2.75, 3.05) is 19.6 Å². The van der Waals surface area contributed by atoms with Gasteiger partial charge in [0.2, 0.25) is 0 Å². The Morgan fingerprint density at radius 1 is 1.61 bits per heavy atom. The summed E-state index contributed by atoms with van der Waals surface area (Å²) in [5, 5.41) is 14.1. The molecule has 1 saturated carbocycles. The zero-order valence-electron chi connectivity index (χ0n) is 10.6. The van der Waals surface area contributed by atoms with E-state index in [1.54, 1.807) is 10.9 Å². The highest BCUT2D eigenvalue weighted by Crippen LogP contribution is 2.47. The SMILES string of the molecule is CCC1(CNC(=O)c2cn(C3CNC3)nn2)CC1. The average Bonchev–Trinajstić information content (AvgIpc) is 2.95. The molecule has 2 N–H and O–H groups in total. The van der Waals surface area contributed by atoms with Gasteiger partial charge in [-0.3, -0.25) is 4.79 Å². The number of carbonyl (C=O) groups excluding carboxylic acids is 1. The normalized spacial score (nSPS) is 21.4. The molecule has 98 valence electrons. The number of nitrogens with zero attached hydrogens (tertiary/aromatic N) is 3. The van der Waals surface area contributed by atoms with E-state index in [-0.39, 0.29) is 5.91 Å². The molecule has 1 aromatic rings. The van der Waals surface area contributed by atoms with Crippen LogP contribution < -0.4 is 10.6 Å². The summed E-state index contributed by atoms with van der Waals surface area (Å²) in [5.41, 5.74) is 0.789.